The van der Waals surface area contributed by atoms with Crippen molar-refractivity contribution in [2.75, 3.05) is 0 Å². The van der Waals surface area contributed by atoms with Gasteiger partial charge in [0.15, 0.2) is 0 Å². The van der Waals surface area contributed by atoms with Gasteiger partial charge in [-0.05, 0) is 30.7 Å². The number of aromatic hydroxyl groups is 1. The lowest BCUT2D eigenvalue weighted by Crippen LogP contribution is -1.84. The molecule has 3 aromatic rings. The molecule has 6 heteroatoms. The molecule has 0 saturated carbocycles. The van der Waals surface area contributed by atoms with Crippen LogP contribution in [0.15, 0.2) is 45.4 Å². The van der Waals surface area contributed by atoms with Crippen molar-refractivity contribution in [3.63, 3.8) is 0 Å². The molecule has 0 unspecified atom stereocenters. The minimum absolute atomic E-state index is 0.138. The number of aromatic nitrogens is 2. The predicted octanol–water partition coefficient (Wildman–Crippen LogP) is 4.32. The molecule has 0 spiro atoms. The summed E-state index contributed by atoms with van der Waals surface area (Å²) in [5, 5.41) is 13.6. The SMILES string of the molecule is Cc1ccc(-c2noc(-c3ccc(F)cc3O)n2)cc1Br. The van der Waals surface area contributed by atoms with Crippen molar-refractivity contribution in [3.05, 3.63) is 52.3 Å². The number of benzene rings is 2. The zero-order valence-electron chi connectivity index (χ0n) is 11.0. The Balaban J connectivity index is 2.01. The first-order valence-electron chi connectivity index (χ1n) is 6.14. The molecular weight excluding hydrogens is 339 g/mol. The van der Waals surface area contributed by atoms with E-state index in [1.54, 1.807) is 0 Å². The minimum atomic E-state index is -0.529. The predicted molar refractivity (Wildman–Crippen MR) is 79.2 cm³/mol. The number of rotatable bonds is 2. The van der Waals surface area contributed by atoms with Crippen LogP contribution in [0.4, 0.5) is 4.39 Å². The highest BCUT2D eigenvalue weighted by atomic mass is 79.9. The monoisotopic (exact) mass is 348 g/mol. The zero-order valence-corrected chi connectivity index (χ0v) is 12.6. The first kappa shape index (κ1) is 13.8. The van der Waals surface area contributed by atoms with Crippen LogP contribution in [0, 0.1) is 12.7 Å². The van der Waals surface area contributed by atoms with Gasteiger partial charge in [0.1, 0.15) is 11.6 Å². The topological polar surface area (TPSA) is 59.2 Å². The first-order valence-corrected chi connectivity index (χ1v) is 6.93. The Morgan fingerprint density at radius 3 is 2.71 bits per heavy atom. The number of nitrogens with zero attached hydrogens (tertiary/aromatic N) is 2. The lowest BCUT2D eigenvalue weighted by atomic mass is 10.1. The van der Waals surface area contributed by atoms with Gasteiger partial charge in [0.25, 0.3) is 5.89 Å². The molecule has 0 aliphatic carbocycles. The number of aryl methyl sites for hydroxylation is 1. The Bertz CT molecular complexity index is 817. The summed E-state index contributed by atoms with van der Waals surface area (Å²) in [6.07, 6.45) is 0. The molecule has 0 fully saturated rings. The molecule has 0 bridgehead atoms. The molecule has 3 rings (SSSR count). The second-order valence-corrected chi connectivity index (χ2v) is 5.40. The van der Waals surface area contributed by atoms with E-state index in [0.29, 0.717) is 11.4 Å². The fourth-order valence-corrected chi connectivity index (χ4v) is 2.25. The lowest BCUT2D eigenvalue weighted by Gasteiger charge is -1.99. The highest BCUT2D eigenvalue weighted by molar-refractivity contribution is 9.10. The number of phenols is 1. The van der Waals surface area contributed by atoms with Crippen LogP contribution in [0.1, 0.15) is 5.56 Å². The van der Waals surface area contributed by atoms with E-state index in [4.69, 9.17) is 4.52 Å². The molecule has 0 radical (unpaired) electrons. The molecule has 21 heavy (non-hydrogen) atoms. The average Bonchev–Trinajstić information content (AvgIpc) is 2.91. The molecule has 0 aliphatic rings. The van der Waals surface area contributed by atoms with Crippen LogP contribution in [-0.4, -0.2) is 15.2 Å². The summed E-state index contributed by atoms with van der Waals surface area (Å²) in [5.74, 6) is -0.234. The Hall–Kier alpha value is -2.21. The third-order valence-corrected chi connectivity index (χ3v) is 3.90. The van der Waals surface area contributed by atoms with Crippen LogP contribution < -0.4 is 0 Å². The average molecular weight is 349 g/mol. The van der Waals surface area contributed by atoms with Gasteiger partial charge < -0.3 is 9.63 Å². The Morgan fingerprint density at radius 1 is 1.19 bits per heavy atom. The molecule has 0 saturated heterocycles. The highest BCUT2D eigenvalue weighted by Crippen LogP contribution is 2.30. The summed E-state index contributed by atoms with van der Waals surface area (Å²) in [4.78, 5) is 4.23. The molecule has 0 atom stereocenters. The molecule has 4 nitrogen and oxygen atoms in total. The van der Waals surface area contributed by atoms with E-state index in [0.717, 1.165) is 21.7 Å². The third kappa shape index (κ3) is 2.67. The zero-order chi connectivity index (χ0) is 15.0. The van der Waals surface area contributed by atoms with Crippen LogP contribution >= 0.6 is 15.9 Å². The maximum atomic E-state index is 13.0. The van der Waals surface area contributed by atoms with E-state index < -0.39 is 5.82 Å². The molecule has 0 aliphatic heterocycles. The quantitative estimate of drug-likeness (QED) is 0.749. The smallest absolute Gasteiger partial charge is 0.262 e. The van der Waals surface area contributed by atoms with Gasteiger partial charge in [-0.1, -0.05) is 33.2 Å². The van der Waals surface area contributed by atoms with Gasteiger partial charge in [0, 0.05) is 16.1 Å². The van der Waals surface area contributed by atoms with Crippen LogP contribution in [0.5, 0.6) is 5.75 Å². The lowest BCUT2D eigenvalue weighted by molar-refractivity contribution is 0.425. The normalized spacial score (nSPS) is 10.8. The fraction of sp³-hybridized carbons (Fsp3) is 0.0667. The largest absolute Gasteiger partial charge is 0.507 e. The first-order chi connectivity index (χ1) is 10.0. The second-order valence-electron chi connectivity index (χ2n) is 4.55. The summed E-state index contributed by atoms with van der Waals surface area (Å²) >= 11 is 3.45. The van der Waals surface area contributed by atoms with Crippen molar-refractivity contribution in [1.29, 1.82) is 0 Å². The van der Waals surface area contributed by atoms with Gasteiger partial charge in [-0.15, -0.1) is 0 Å². The summed E-state index contributed by atoms with van der Waals surface area (Å²) in [6.45, 7) is 1.98. The standard InChI is InChI=1S/C15H10BrFN2O2/c1-8-2-3-9(6-12(8)16)14-18-15(21-19-14)11-5-4-10(17)7-13(11)20/h2-7,20H,1H3. The Kier molecular flexibility index (Phi) is 3.47. The second kappa shape index (κ2) is 5.29. The number of halogens is 2. The van der Waals surface area contributed by atoms with Crippen LogP contribution in [0.25, 0.3) is 22.8 Å². The fourth-order valence-electron chi connectivity index (χ4n) is 1.87. The van der Waals surface area contributed by atoms with Gasteiger partial charge in [-0.2, -0.15) is 4.98 Å². The van der Waals surface area contributed by atoms with E-state index >= 15 is 0 Å². The minimum Gasteiger partial charge on any atom is -0.507 e. The molecule has 0 amide bonds. The summed E-state index contributed by atoms with van der Waals surface area (Å²) in [5.41, 5.74) is 2.17. The van der Waals surface area contributed by atoms with Gasteiger partial charge in [0.05, 0.1) is 5.56 Å². The molecule has 106 valence electrons. The van der Waals surface area contributed by atoms with Gasteiger partial charge in [0.2, 0.25) is 5.82 Å². The molecular formula is C15H10BrFN2O2. The summed E-state index contributed by atoms with van der Waals surface area (Å²) in [6, 6.07) is 9.31. The highest BCUT2D eigenvalue weighted by Gasteiger charge is 2.15. The third-order valence-electron chi connectivity index (χ3n) is 3.05. The Labute approximate surface area is 128 Å². The van der Waals surface area contributed by atoms with Crippen molar-refractivity contribution in [2.45, 2.75) is 6.92 Å². The Morgan fingerprint density at radius 2 is 2.00 bits per heavy atom. The van der Waals surface area contributed by atoms with Crippen molar-refractivity contribution >= 4 is 15.9 Å². The molecule has 2 aromatic carbocycles. The number of hydrogen-bond donors (Lipinski definition) is 1. The molecule has 1 aromatic heterocycles. The van der Waals surface area contributed by atoms with Gasteiger partial charge in [-0.25, -0.2) is 4.39 Å². The maximum Gasteiger partial charge on any atom is 0.262 e. The van der Waals surface area contributed by atoms with Gasteiger partial charge in [-0.3, -0.25) is 0 Å². The van der Waals surface area contributed by atoms with Crippen molar-refractivity contribution in [3.8, 4) is 28.6 Å². The van der Waals surface area contributed by atoms with Crippen LogP contribution in [0.3, 0.4) is 0 Å². The van der Waals surface area contributed by atoms with Gasteiger partial charge >= 0.3 is 0 Å². The van der Waals surface area contributed by atoms with Crippen molar-refractivity contribution in [2.24, 2.45) is 0 Å². The van der Waals surface area contributed by atoms with Crippen LogP contribution in [0.2, 0.25) is 0 Å². The van der Waals surface area contributed by atoms with E-state index in [1.165, 1.54) is 12.1 Å². The molecule has 1 heterocycles. The number of phenolic OH excluding ortho intramolecular Hbond substituents is 1. The van der Waals surface area contributed by atoms with E-state index in [1.807, 2.05) is 25.1 Å². The summed E-state index contributed by atoms with van der Waals surface area (Å²) in [7, 11) is 0. The van der Waals surface area contributed by atoms with E-state index in [-0.39, 0.29) is 11.6 Å². The van der Waals surface area contributed by atoms with Crippen molar-refractivity contribution < 1.29 is 14.0 Å². The van der Waals surface area contributed by atoms with Crippen molar-refractivity contribution in [1.82, 2.24) is 10.1 Å². The number of hydrogen-bond acceptors (Lipinski definition) is 4. The van der Waals surface area contributed by atoms with E-state index in [2.05, 4.69) is 26.1 Å². The summed E-state index contributed by atoms with van der Waals surface area (Å²) < 4.78 is 19.1. The van der Waals surface area contributed by atoms with Crippen LogP contribution in [-0.2, 0) is 0 Å². The van der Waals surface area contributed by atoms with E-state index in [9.17, 15) is 9.50 Å². The molecule has 1 N–H and O–H groups in total. The maximum absolute atomic E-state index is 13.0.